The zero-order valence-corrected chi connectivity index (χ0v) is 17.9. The number of hydrogen-bond acceptors (Lipinski definition) is 3. The smallest absolute Gasteiger partial charge is 0.240 e. The second-order valence-corrected chi connectivity index (χ2v) is 9.18. The molecule has 0 aliphatic carbocycles. The molecule has 2 rings (SSSR count). The van der Waals surface area contributed by atoms with Crippen molar-refractivity contribution < 1.29 is 13.2 Å². The summed E-state index contributed by atoms with van der Waals surface area (Å²) in [6.07, 6.45) is 2.95. The number of amides is 1. The van der Waals surface area contributed by atoms with Crippen molar-refractivity contribution in [1.29, 1.82) is 0 Å². The molecule has 0 fully saturated rings. The first-order valence-corrected chi connectivity index (χ1v) is 11.4. The van der Waals surface area contributed by atoms with E-state index in [0.29, 0.717) is 18.2 Å². The van der Waals surface area contributed by atoms with Gasteiger partial charge in [0, 0.05) is 6.54 Å². The SMILES string of the molecule is CCC(CNC(=O)CN(c1c(C)cccc1C)S(C)(=O)=O)Cc1ccccc1. The first kappa shape index (κ1) is 22.0. The van der Waals surface area contributed by atoms with E-state index in [1.807, 2.05) is 50.2 Å². The van der Waals surface area contributed by atoms with Gasteiger partial charge < -0.3 is 5.32 Å². The van der Waals surface area contributed by atoms with Gasteiger partial charge in [0.05, 0.1) is 11.9 Å². The maximum Gasteiger partial charge on any atom is 0.240 e. The van der Waals surface area contributed by atoms with Crippen LogP contribution in [-0.2, 0) is 21.2 Å². The summed E-state index contributed by atoms with van der Waals surface area (Å²) in [6, 6.07) is 15.7. The lowest BCUT2D eigenvalue weighted by atomic mass is 9.97. The van der Waals surface area contributed by atoms with Crippen molar-refractivity contribution >= 4 is 21.6 Å². The predicted octanol–water partition coefficient (Wildman–Crippen LogP) is 3.45. The molecule has 0 aliphatic heterocycles. The molecular weight excluding hydrogens is 372 g/mol. The lowest BCUT2D eigenvalue weighted by Gasteiger charge is -2.26. The summed E-state index contributed by atoms with van der Waals surface area (Å²) in [5.74, 6) is 0.0119. The van der Waals surface area contributed by atoms with Crippen molar-refractivity contribution in [3.63, 3.8) is 0 Å². The van der Waals surface area contributed by atoms with Crippen LogP contribution in [-0.4, -0.2) is 33.7 Å². The molecular formula is C22H30N2O3S. The van der Waals surface area contributed by atoms with E-state index in [9.17, 15) is 13.2 Å². The van der Waals surface area contributed by atoms with Crippen molar-refractivity contribution in [2.45, 2.75) is 33.6 Å². The topological polar surface area (TPSA) is 66.5 Å². The number of hydrogen-bond donors (Lipinski definition) is 1. The molecule has 0 bridgehead atoms. The van der Waals surface area contributed by atoms with Crippen LogP contribution < -0.4 is 9.62 Å². The summed E-state index contributed by atoms with van der Waals surface area (Å²) in [4.78, 5) is 12.6. The fourth-order valence-electron chi connectivity index (χ4n) is 3.31. The molecule has 0 saturated carbocycles. The molecule has 2 aromatic carbocycles. The van der Waals surface area contributed by atoms with Gasteiger partial charge in [0.15, 0.2) is 0 Å². The average molecular weight is 403 g/mol. The van der Waals surface area contributed by atoms with Gasteiger partial charge >= 0.3 is 0 Å². The second kappa shape index (κ2) is 9.73. The number of carbonyl (C=O) groups is 1. The van der Waals surface area contributed by atoms with Crippen LogP contribution in [0.3, 0.4) is 0 Å². The minimum Gasteiger partial charge on any atom is -0.354 e. The minimum atomic E-state index is -3.58. The van der Waals surface area contributed by atoms with E-state index in [-0.39, 0.29) is 12.5 Å². The number of anilines is 1. The number of para-hydroxylation sites is 1. The lowest BCUT2D eigenvalue weighted by molar-refractivity contribution is -0.119. The fraction of sp³-hybridized carbons (Fsp3) is 0.409. The van der Waals surface area contributed by atoms with Crippen LogP contribution in [0, 0.1) is 19.8 Å². The Kier molecular flexibility index (Phi) is 7.63. The van der Waals surface area contributed by atoms with Gasteiger partial charge in [-0.1, -0.05) is 61.9 Å². The maximum atomic E-state index is 12.6. The molecule has 1 N–H and O–H groups in total. The van der Waals surface area contributed by atoms with E-state index < -0.39 is 10.0 Å². The minimum absolute atomic E-state index is 0.216. The van der Waals surface area contributed by atoms with E-state index in [0.717, 1.165) is 30.2 Å². The molecule has 0 aliphatic rings. The highest BCUT2D eigenvalue weighted by molar-refractivity contribution is 7.92. The molecule has 28 heavy (non-hydrogen) atoms. The fourth-order valence-corrected chi connectivity index (χ4v) is 4.29. The zero-order chi connectivity index (χ0) is 20.7. The van der Waals surface area contributed by atoms with Crippen LogP contribution in [0.1, 0.15) is 30.0 Å². The average Bonchev–Trinajstić information content (AvgIpc) is 2.64. The zero-order valence-electron chi connectivity index (χ0n) is 17.1. The number of aryl methyl sites for hydroxylation is 2. The molecule has 5 nitrogen and oxygen atoms in total. The first-order valence-electron chi connectivity index (χ1n) is 9.57. The quantitative estimate of drug-likeness (QED) is 0.699. The van der Waals surface area contributed by atoms with Crippen LogP contribution in [0.25, 0.3) is 0 Å². The molecule has 0 radical (unpaired) electrons. The number of sulfonamides is 1. The van der Waals surface area contributed by atoms with E-state index in [2.05, 4.69) is 24.4 Å². The highest BCUT2D eigenvalue weighted by Crippen LogP contribution is 2.26. The van der Waals surface area contributed by atoms with Crippen molar-refractivity contribution in [3.8, 4) is 0 Å². The molecule has 0 saturated heterocycles. The Bertz CT molecular complexity index is 875. The highest BCUT2D eigenvalue weighted by atomic mass is 32.2. The van der Waals surface area contributed by atoms with Gasteiger partial charge in [-0.2, -0.15) is 0 Å². The first-order chi connectivity index (χ1) is 13.2. The van der Waals surface area contributed by atoms with E-state index in [1.54, 1.807) is 0 Å². The van der Waals surface area contributed by atoms with Crippen LogP contribution in [0.2, 0.25) is 0 Å². The van der Waals surface area contributed by atoms with Gasteiger partial charge in [-0.25, -0.2) is 8.42 Å². The molecule has 1 unspecified atom stereocenters. The third-order valence-corrected chi connectivity index (χ3v) is 6.02. The van der Waals surface area contributed by atoms with Crippen LogP contribution in [0.4, 0.5) is 5.69 Å². The summed E-state index contributed by atoms with van der Waals surface area (Å²) in [5.41, 5.74) is 3.47. The molecule has 2 aromatic rings. The largest absolute Gasteiger partial charge is 0.354 e. The summed E-state index contributed by atoms with van der Waals surface area (Å²) in [7, 11) is -3.58. The Balaban J connectivity index is 2.06. The van der Waals surface area contributed by atoms with E-state index >= 15 is 0 Å². The van der Waals surface area contributed by atoms with Crippen molar-refractivity contribution in [2.24, 2.45) is 5.92 Å². The molecule has 1 atom stereocenters. The Morgan fingerprint density at radius 1 is 1.04 bits per heavy atom. The monoisotopic (exact) mass is 402 g/mol. The summed E-state index contributed by atoms with van der Waals surface area (Å²) in [6.45, 7) is 6.11. The van der Waals surface area contributed by atoms with Crippen molar-refractivity contribution in [1.82, 2.24) is 5.32 Å². The maximum absolute atomic E-state index is 12.6. The second-order valence-electron chi connectivity index (χ2n) is 7.28. The van der Waals surface area contributed by atoms with Crippen LogP contribution in [0.15, 0.2) is 48.5 Å². The van der Waals surface area contributed by atoms with Gasteiger partial charge in [0.1, 0.15) is 6.54 Å². The van der Waals surface area contributed by atoms with Gasteiger partial charge in [-0.05, 0) is 42.9 Å². The van der Waals surface area contributed by atoms with Gasteiger partial charge in [-0.15, -0.1) is 0 Å². The Morgan fingerprint density at radius 3 is 2.18 bits per heavy atom. The Morgan fingerprint density at radius 2 is 1.64 bits per heavy atom. The Hall–Kier alpha value is -2.34. The van der Waals surface area contributed by atoms with E-state index in [1.165, 1.54) is 9.87 Å². The Labute approximate surface area is 168 Å². The van der Waals surface area contributed by atoms with Gasteiger partial charge in [0.25, 0.3) is 0 Å². The van der Waals surface area contributed by atoms with Crippen molar-refractivity contribution in [3.05, 3.63) is 65.2 Å². The standard InChI is InChI=1S/C22H30N2O3S/c1-5-19(14-20-12-7-6-8-13-20)15-23-21(25)16-24(28(4,26)27)22-17(2)10-9-11-18(22)3/h6-13,19H,5,14-16H2,1-4H3,(H,23,25). The van der Waals surface area contributed by atoms with Crippen LogP contribution in [0.5, 0.6) is 0 Å². The predicted molar refractivity (Wildman–Crippen MR) is 115 cm³/mol. The molecule has 152 valence electrons. The molecule has 0 heterocycles. The third kappa shape index (κ3) is 6.09. The molecule has 0 aromatic heterocycles. The van der Waals surface area contributed by atoms with Gasteiger partial charge in [0.2, 0.25) is 15.9 Å². The third-order valence-electron chi connectivity index (χ3n) is 4.91. The summed E-state index contributed by atoms with van der Waals surface area (Å²) < 4.78 is 25.9. The highest BCUT2D eigenvalue weighted by Gasteiger charge is 2.24. The van der Waals surface area contributed by atoms with Gasteiger partial charge in [-0.3, -0.25) is 9.10 Å². The summed E-state index contributed by atoms with van der Waals surface area (Å²) in [5, 5.41) is 2.92. The number of nitrogens with zero attached hydrogens (tertiary/aromatic N) is 1. The summed E-state index contributed by atoms with van der Waals surface area (Å²) >= 11 is 0. The number of carbonyl (C=O) groups excluding carboxylic acids is 1. The normalized spacial score (nSPS) is 12.4. The van der Waals surface area contributed by atoms with Crippen molar-refractivity contribution in [2.75, 3.05) is 23.7 Å². The number of rotatable bonds is 9. The van der Waals surface area contributed by atoms with Crippen LogP contribution >= 0.6 is 0 Å². The van der Waals surface area contributed by atoms with E-state index in [4.69, 9.17) is 0 Å². The number of nitrogens with one attached hydrogen (secondary N) is 1. The molecule has 0 spiro atoms. The lowest BCUT2D eigenvalue weighted by Crippen LogP contribution is -2.42. The molecule has 1 amide bonds. The molecule has 6 heteroatoms. The number of benzene rings is 2.